The third kappa shape index (κ3) is 3.57. The number of ether oxygens (including phenoxy) is 2. The standard InChI is InChI=1S/C25H27N3O9/c1-11(25(34)35)10-16(29)26(6-8-27-21(30)17-12-2-3-13(36-12)18(17)22(27)31)7-9-28-23(32)19-14-4-5-15(37-14)20(19)24(28)33/h2-5,11-15,17-20H,6-10H2,1H3,(H,34,35)/t11?,12-,13+,14-,15+,17+,18-,19+,20?/m0/s1. The van der Waals surface area contributed by atoms with Gasteiger partial charge in [0.1, 0.15) is 0 Å². The molecule has 9 atom stereocenters. The molecule has 4 fully saturated rings. The smallest absolute Gasteiger partial charge is 0.306 e. The van der Waals surface area contributed by atoms with Crippen LogP contribution in [0.3, 0.4) is 0 Å². The fourth-order valence-corrected chi connectivity index (χ4v) is 6.45. The van der Waals surface area contributed by atoms with E-state index in [1.54, 1.807) is 24.3 Å². The molecule has 0 spiro atoms. The summed E-state index contributed by atoms with van der Waals surface area (Å²) in [4.78, 5) is 79.8. The fraction of sp³-hybridized carbons (Fsp3) is 0.600. The monoisotopic (exact) mass is 513 g/mol. The van der Waals surface area contributed by atoms with Gasteiger partial charge >= 0.3 is 5.97 Å². The molecule has 6 aliphatic rings. The third-order valence-corrected chi connectivity index (χ3v) is 8.45. The van der Waals surface area contributed by atoms with E-state index < -0.39 is 65.9 Å². The van der Waals surface area contributed by atoms with Gasteiger partial charge in [0, 0.05) is 32.6 Å². The predicted molar refractivity (Wildman–Crippen MR) is 121 cm³/mol. The highest BCUT2D eigenvalue weighted by atomic mass is 16.5. The Morgan fingerprint density at radius 1 is 0.784 bits per heavy atom. The Balaban J connectivity index is 1.13. The van der Waals surface area contributed by atoms with Crippen molar-refractivity contribution in [1.82, 2.24) is 14.7 Å². The lowest BCUT2D eigenvalue weighted by Gasteiger charge is -2.28. The van der Waals surface area contributed by atoms with Gasteiger partial charge in [0.15, 0.2) is 0 Å². The van der Waals surface area contributed by atoms with Crippen LogP contribution in [0, 0.1) is 29.6 Å². The minimum atomic E-state index is -1.13. The van der Waals surface area contributed by atoms with E-state index in [0.29, 0.717) is 0 Å². The molecule has 4 saturated heterocycles. The normalized spacial score (nSPS) is 37.2. The lowest BCUT2D eigenvalue weighted by atomic mass is 9.85. The van der Waals surface area contributed by atoms with E-state index in [2.05, 4.69) is 0 Å². The van der Waals surface area contributed by atoms with Crippen molar-refractivity contribution < 1.29 is 43.3 Å². The van der Waals surface area contributed by atoms with Crippen molar-refractivity contribution in [3.05, 3.63) is 24.3 Å². The summed E-state index contributed by atoms with van der Waals surface area (Å²) >= 11 is 0. The van der Waals surface area contributed by atoms with Crippen molar-refractivity contribution in [1.29, 1.82) is 0 Å². The summed E-state index contributed by atoms with van der Waals surface area (Å²) in [5, 5.41) is 9.25. The van der Waals surface area contributed by atoms with Crippen LogP contribution in [-0.2, 0) is 38.2 Å². The molecule has 12 heteroatoms. The second-order valence-electron chi connectivity index (χ2n) is 10.5. The van der Waals surface area contributed by atoms with Gasteiger partial charge in [-0.1, -0.05) is 31.2 Å². The Bertz CT molecular complexity index is 1030. The maximum atomic E-state index is 13.0. The topological polar surface area (TPSA) is 151 Å². The average Bonchev–Trinajstić information content (AvgIpc) is 3.69. The number of imide groups is 2. The zero-order chi connectivity index (χ0) is 26.2. The Labute approximate surface area is 211 Å². The van der Waals surface area contributed by atoms with Crippen LogP contribution in [0.25, 0.3) is 0 Å². The number of aliphatic carboxylic acids is 1. The van der Waals surface area contributed by atoms with Crippen molar-refractivity contribution in [2.24, 2.45) is 29.6 Å². The zero-order valence-electron chi connectivity index (χ0n) is 20.1. The molecule has 2 unspecified atom stereocenters. The molecule has 4 bridgehead atoms. The maximum absolute atomic E-state index is 13.0. The lowest BCUT2D eigenvalue weighted by molar-refractivity contribution is -0.146. The van der Waals surface area contributed by atoms with Crippen LogP contribution in [0.1, 0.15) is 13.3 Å². The van der Waals surface area contributed by atoms with Crippen LogP contribution >= 0.6 is 0 Å². The number of likely N-dealkylation sites (tertiary alicyclic amines) is 2. The SMILES string of the molecule is CC(CC(=O)N(CCN1C(=O)[C@@H]2[C@H](C1=O)[C@@H]1C=C[C@H]2O1)CCN1C(=O)C2[C@H]3C=C[C@H](O3)[C@H]2C1=O)C(=O)O. The highest BCUT2D eigenvalue weighted by Gasteiger charge is 2.61. The highest BCUT2D eigenvalue weighted by molar-refractivity contribution is 6.07. The van der Waals surface area contributed by atoms with Gasteiger partial charge in [-0.15, -0.1) is 0 Å². The maximum Gasteiger partial charge on any atom is 0.306 e. The summed E-state index contributed by atoms with van der Waals surface area (Å²) in [7, 11) is 0. The lowest BCUT2D eigenvalue weighted by Crippen LogP contribution is -2.46. The molecule has 0 radical (unpaired) electrons. The van der Waals surface area contributed by atoms with Crippen LogP contribution < -0.4 is 0 Å². The molecule has 6 rings (SSSR count). The first-order chi connectivity index (χ1) is 17.7. The number of carboxylic acids is 1. The average molecular weight is 514 g/mol. The first kappa shape index (κ1) is 24.0. The van der Waals surface area contributed by atoms with E-state index in [9.17, 15) is 33.9 Å². The molecule has 6 aliphatic heterocycles. The quantitative estimate of drug-likeness (QED) is 0.296. The molecule has 1 N–H and O–H groups in total. The summed E-state index contributed by atoms with van der Waals surface area (Å²) in [5.74, 6) is -6.23. The van der Waals surface area contributed by atoms with Crippen LogP contribution in [0.15, 0.2) is 24.3 Å². The number of fused-ring (bicyclic) bond motifs is 10. The molecular weight excluding hydrogens is 486 g/mol. The number of carboxylic acid groups (broad SMARTS) is 1. The fourth-order valence-electron chi connectivity index (χ4n) is 6.45. The van der Waals surface area contributed by atoms with Crippen molar-refractivity contribution in [3.8, 4) is 0 Å². The molecule has 0 saturated carbocycles. The summed E-state index contributed by atoms with van der Waals surface area (Å²) in [6.07, 6.45) is 5.16. The van der Waals surface area contributed by atoms with Crippen molar-refractivity contribution >= 4 is 35.5 Å². The Kier molecular flexibility index (Phi) is 5.57. The second-order valence-corrected chi connectivity index (χ2v) is 10.5. The van der Waals surface area contributed by atoms with E-state index in [-0.39, 0.29) is 56.2 Å². The number of hydrogen-bond donors (Lipinski definition) is 1. The van der Waals surface area contributed by atoms with E-state index >= 15 is 0 Å². The van der Waals surface area contributed by atoms with Crippen molar-refractivity contribution in [3.63, 3.8) is 0 Å². The van der Waals surface area contributed by atoms with Gasteiger partial charge in [-0.25, -0.2) is 0 Å². The van der Waals surface area contributed by atoms with Gasteiger partial charge in [-0.3, -0.25) is 38.6 Å². The van der Waals surface area contributed by atoms with Crippen LogP contribution in [0.4, 0.5) is 0 Å². The van der Waals surface area contributed by atoms with Gasteiger partial charge < -0.3 is 19.5 Å². The Morgan fingerprint density at radius 2 is 1.14 bits per heavy atom. The van der Waals surface area contributed by atoms with Gasteiger partial charge in [-0.2, -0.15) is 0 Å². The second kappa shape index (κ2) is 8.59. The highest BCUT2D eigenvalue weighted by Crippen LogP contribution is 2.46. The third-order valence-electron chi connectivity index (χ3n) is 8.45. The van der Waals surface area contributed by atoms with Gasteiger partial charge in [-0.05, 0) is 0 Å². The molecule has 0 aromatic carbocycles. The number of rotatable bonds is 9. The molecule has 0 aliphatic carbocycles. The van der Waals surface area contributed by atoms with Gasteiger partial charge in [0.05, 0.1) is 54.0 Å². The molecular formula is C25H27N3O9. The summed E-state index contributed by atoms with van der Waals surface area (Å²) in [5.41, 5.74) is 0. The molecule has 12 nitrogen and oxygen atoms in total. The van der Waals surface area contributed by atoms with Crippen molar-refractivity contribution in [2.45, 2.75) is 37.8 Å². The summed E-state index contributed by atoms with van der Waals surface area (Å²) < 4.78 is 11.3. The van der Waals surface area contributed by atoms with E-state index in [1.807, 2.05) is 0 Å². The minimum Gasteiger partial charge on any atom is -0.481 e. The van der Waals surface area contributed by atoms with Gasteiger partial charge in [0.25, 0.3) is 0 Å². The summed E-state index contributed by atoms with van der Waals surface area (Å²) in [6.45, 7) is 1.21. The molecule has 196 valence electrons. The van der Waals surface area contributed by atoms with E-state index in [0.717, 1.165) is 9.80 Å². The number of carbonyl (C=O) groups excluding carboxylic acids is 5. The molecule has 37 heavy (non-hydrogen) atoms. The largest absolute Gasteiger partial charge is 0.481 e. The minimum absolute atomic E-state index is 0.0370. The summed E-state index contributed by atoms with van der Waals surface area (Å²) in [6, 6.07) is 0. The number of amides is 5. The molecule has 0 aromatic heterocycles. The number of nitrogens with zero attached hydrogens (tertiary/aromatic N) is 3. The van der Waals surface area contributed by atoms with Crippen LogP contribution in [0.2, 0.25) is 0 Å². The van der Waals surface area contributed by atoms with Crippen molar-refractivity contribution in [2.75, 3.05) is 26.2 Å². The van der Waals surface area contributed by atoms with E-state index in [1.165, 1.54) is 11.8 Å². The molecule has 6 heterocycles. The zero-order valence-corrected chi connectivity index (χ0v) is 20.1. The predicted octanol–water partition coefficient (Wildman–Crippen LogP) is -1.20. The molecule has 5 amide bonds. The Morgan fingerprint density at radius 3 is 1.46 bits per heavy atom. The van der Waals surface area contributed by atoms with E-state index in [4.69, 9.17) is 9.47 Å². The van der Waals surface area contributed by atoms with Crippen LogP contribution in [0.5, 0.6) is 0 Å². The molecule has 0 aromatic rings. The number of carbonyl (C=O) groups is 6. The Hall–Kier alpha value is -3.38. The van der Waals surface area contributed by atoms with Gasteiger partial charge in [0.2, 0.25) is 29.5 Å². The first-order valence-electron chi connectivity index (χ1n) is 12.6. The van der Waals surface area contributed by atoms with Crippen LogP contribution in [-0.4, -0.2) is 106 Å². The first-order valence-corrected chi connectivity index (χ1v) is 12.6. The number of hydrogen-bond acceptors (Lipinski definition) is 8.